The number of pyridine rings is 1. The molecule has 144 valence electrons. The van der Waals surface area contributed by atoms with E-state index >= 15 is 0 Å². The van der Waals surface area contributed by atoms with Crippen molar-refractivity contribution in [1.82, 2.24) is 4.98 Å². The smallest absolute Gasteiger partial charge is 0.339 e. The average molecular weight is 422 g/mol. The molecule has 3 rings (SSSR count). The van der Waals surface area contributed by atoms with E-state index in [4.69, 9.17) is 16.7 Å². The highest BCUT2D eigenvalue weighted by Crippen LogP contribution is 2.35. The zero-order valence-corrected chi connectivity index (χ0v) is 15.4. The summed E-state index contributed by atoms with van der Waals surface area (Å²) in [6.45, 7) is 0. The average Bonchev–Trinajstić information content (AvgIpc) is 2.62. The van der Waals surface area contributed by atoms with Crippen LogP contribution in [0.5, 0.6) is 5.75 Å². The van der Waals surface area contributed by atoms with E-state index in [1.54, 1.807) is 6.07 Å². The van der Waals surface area contributed by atoms with Crippen LogP contribution in [0.2, 0.25) is 5.15 Å². The second-order valence-corrected chi connectivity index (χ2v) is 6.72. The van der Waals surface area contributed by atoms with E-state index in [1.807, 2.05) is 0 Å². The van der Waals surface area contributed by atoms with Crippen molar-refractivity contribution in [2.24, 2.45) is 0 Å². The molecule has 2 aromatic carbocycles. The number of aromatic hydroxyl groups is 1. The fourth-order valence-electron chi connectivity index (χ4n) is 2.55. The molecule has 1 aromatic heterocycles. The first-order valence-electron chi connectivity index (χ1n) is 7.65. The van der Waals surface area contributed by atoms with Gasteiger partial charge in [-0.2, -0.15) is 0 Å². The summed E-state index contributed by atoms with van der Waals surface area (Å²) in [7, 11) is 0. The van der Waals surface area contributed by atoms with Crippen LogP contribution in [0, 0.1) is 5.82 Å². The Bertz CT molecular complexity index is 1100. The Labute approximate surface area is 166 Å². The first-order chi connectivity index (χ1) is 13.3. The van der Waals surface area contributed by atoms with Gasteiger partial charge in [0, 0.05) is 11.6 Å². The lowest BCUT2D eigenvalue weighted by atomic mass is 10.1. The third kappa shape index (κ3) is 3.96. The maximum absolute atomic E-state index is 13.5. The van der Waals surface area contributed by atoms with Crippen molar-refractivity contribution in [1.29, 1.82) is 0 Å². The number of aromatic carboxylic acids is 1. The minimum atomic E-state index is -2.84. The first-order valence-corrected chi connectivity index (χ1v) is 9.06. The quantitative estimate of drug-likeness (QED) is 0.477. The van der Waals surface area contributed by atoms with Gasteiger partial charge >= 0.3 is 5.97 Å². The molecule has 1 atom stereocenters. The summed E-state index contributed by atoms with van der Waals surface area (Å²) >= 11 is 3.24. The van der Waals surface area contributed by atoms with Crippen molar-refractivity contribution >= 4 is 40.2 Å². The lowest BCUT2D eigenvalue weighted by molar-refractivity contribution is 0.0693. The molecule has 0 spiro atoms. The monoisotopic (exact) mass is 421 g/mol. The third-order valence-corrected chi connectivity index (χ3v) is 4.81. The maximum atomic E-state index is 13.5. The Morgan fingerprint density at radius 2 is 1.93 bits per heavy atom. The number of nitrogens with zero attached hydrogens (tertiary/aromatic N) is 2. The number of carboxylic acid groups (broad SMARTS) is 1. The fraction of sp³-hybridized carbons (Fsp3) is 0. The van der Waals surface area contributed by atoms with Gasteiger partial charge in [-0.25, -0.2) is 14.2 Å². The first kappa shape index (κ1) is 19.7. The summed E-state index contributed by atoms with van der Waals surface area (Å²) in [6, 6.07) is 10.2. The van der Waals surface area contributed by atoms with E-state index in [1.165, 1.54) is 36.5 Å². The van der Waals surface area contributed by atoms with Crippen LogP contribution in [0.1, 0.15) is 10.4 Å². The minimum Gasteiger partial charge on any atom is -0.755 e. The SMILES string of the molecule is O=C(O)c1ccc(N(c2cnc(Cl)c(-c3cccc(F)c3)c2)S(=O)[O-])cc1O. The van der Waals surface area contributed by atoms with Crippen LogP contribution >= 0.6 is 11.6 Å². The van der Waals surface area contributed by atoms with E-state index in [9.17, 15) is 23.1 Å². The molecule has 0 aliphatic rings. The fourth-order valence-corrected chi connectivity index (χ4v) is 3.33. The highest BCUT2D eigenvalue weighted by Gasteiger charge is 2.17. The zero-order chi connectivity index (χ0) is 20.4. The largest absolute Gasteiger partial charge is 0.755 e. The summed E-state index contributed by atoms with van der Waals surface area (Å²) < 4.78 is 38.0. The van der Waals surface area contributed by atoms with Gasteiger partial charge < -0.3 is 14.8 Å². The number of carboxylic acids is 1. The molecule has 1 unspecified atom stereocenters. The molecule has 0 amide bonds. The number of hydrogen-bond acceptors (Lipinski definition) is 5. The summed E-state index contributed by atoms with van der Waals surface area (Å²) in [6.07, 6.45) is 1.18. The van der Waals surface area contributed by atoms with E-state index in [0.717, 1.165) is 16.4 Å². The van der Waals surface area contributed by atoms with Crippen LogP contribution in [0.15, 0.2) is 54.7 Å². The van der Waals surface area contributed by atoms with E-state index in [0.29, 0.717) is 11.1 Å². The lowest BCUT2D eigenvalue weighted by Crippen LogP contribution is -2.20. The van der Waals surface area contributed by atoms with Crippen LogP contribution in [0.25, 0.3) is 11.1 Å². The number of phenols is 1. The number of carbonyl (C=O) groups is 1. The summed E-state index contributed by atoms with van der Waals surface area (Å²) in [5, 5.41) is 18.9. The molecular formula is C18H11ClFN2O5S-. The van der Waals surface area contributed by atoms with Gasteiger partial charge in [0.1, 0.15) is 22.3 Å². The summed E-state index contributed by atoms with van der Waals surface area (Å²) in [4.78, 5) is 15.0. The summed E-state index contributed by atoms with van der Waals surface area (Å²) in [5.74, 6) is -2.47. The van der Waals surface area contributed by atoms with Crippen molar-refractivity contribution in [2.75, 3.05) is 4.31 Å². The van der Waals surface area contributed by atoms with E-state index in [2.05, 4.69) is 4.98 Å². The number of anilines is 2. The van der Waals surface area contributed by atoms with Gasteiger partial charge in [-0.1, -0.05) is 23.7 Å². The Morgan fingerprint density at radius 3 is 2.54 bits per heavy atom. The van der Waals surface area contributed by atoms with Gasteiger partial charge in [-0.05, 0) is 35.9 Å². The van der Waals surface area contributed by atoms with Gasteiger partial charge in [0.15, 0.2) is 0 Å². The number of aromatic nitrogens is 1. The van der Waals surface area contributed by atoms with Gasteiger partial charge in [-0.15, -0.1) is 0 Å². The lowest BCUT2D eigenvalue weighted by Gasteiger charge is -2.27. The van der Waals surface area contributed by atoms with Crippen molar-refractivity contribution < 1.29 is 28.2 Å². The van der Waals surface area contributed by atoms with E-state index in [-0.39, 0.29) is 22.1 Å². The Hall–Kier alpha value is -3.01. The summed E-state index contributed by atoms with van der Waals surface area (Å²) in [5.41, 5.74) is 0.334. The van der Waals surface area contributed by atoms with Crippen molar-refractivity contribution in [2.45, 2.75) is 0 Å². The highest BCUT2D eigenvalue weighted by atomic mass is 35.5. The van der Waals surface area contributed by atoms with Gasteiger partial charge in [0.05, 0.1) is 28.8 Å². The second-order valence-electron chi connectivity index (χ2n) is 5.56. The van der Waals surface area contributed by atoms with Crippen molar-refractivity contribution in [3.8, 4) is 16.9 Å². The number of rotatable bonds is 5. The molecule has 7 nitrogen and oxygen atoms in total. The predicted octanol–water partition coefficient (Wildman–Crippen LogP) is 3.88. The molecule has 0 fully saturated rings. The van der Waals surface area contributed by atoms with Gasteiger partial charge in [0.2, 0.25) is 0 Å². The molecular weight excluding hydrogens is 411 g/mol. The molecule has 28 heavy (non-hydrogen) atoms. The maximum Gasteiger partial charge on any atom is 0.339 e. The molecule has 2 N–H and O–H groups in total. The van der Waals surface area contributed by atoms with Gasteiger partial charge in [-0.3, -0.25) is 8.51 Å². The van der Waals surface area contributed by atoms with Crippen LogP contribution < -0.4 is 4.31 Å². The molecule has 0 saturated carbocycles. The molecule has 0 aliphatic heterocycles. The topological polar surface area (TPSA) is 114 Å². The molecule has 3 aromatic rings. The number of halogens is 2. The molecule has 1 heterocycles. The third-order valence-electron chi connectivity index (χ3n) is 3.79. The van der Waals surface area contributed by atoms with Crippen molar-refractivity contribution in [3.05, 3.63) is 71.3 Å². The van der Waals surface area contributed by atoms with E-state index < -0.39 is 28.8 Å². The van der Waals surface area contributed by atoms with Crippen LogP contribution in [-0.4, -0.2) is 29.9 Å². The normalized spacial score (nSPS) is 11.8. The Balaban J connectivity index is 2.11. The Morgan fingerprint density at radius 1 is 1.18 bits per heavy atom. The van der Waals surface area contributed by atoms with Crippen molar-refractivity contribution in [3.63, 3.8) is 0 Å². The molecule has 0 bridgehead atoms. The molecule has 0 radical (unpaired) electrons. The van der Waals surface area contributed by atoms with Crippen LogP contribution in [0.3, 0.4) is 0 Å². The van der Waals surface area contributed by atoms with Crippen LogP contribution in [0.4, 0.5) is 15.8 Å². The molecule has 0 saturated heterocycles. The standard InChI is InChI=1S/C18H12ClFN2O5S/c19-17-15(10-2-1-3-11(20)6-10)7-13(9-21-17)22(28(26)27)12-4-5-14(18(24)25)16(23)8-12/h1-9,23H,(H,24,25)(H,26,27)/p-1. The van der Waals surface area contributed by atoms with Crippen LogP contribution in [-0.2, 0) is 11.3 Å². The zero-order valence-electron chi connectivity index (χ0n) is 13.9. The number of hydrogen-bond donors (Lipinski definition) is 2. The minimum absolute atomic E-state index is 0.0230. The van der Waals surface area contributed by atoms with Gasteiger partial charge in [0.25, 0.3) is 0 Å². The number of benzene rings is 2. The Kier molecular flexibility index (Phi) is 5.59. The molecule has 10 heteroatoms. The highest BCUT2D eigenvalue weighted by molar-refractivity contribution is 7.81. The molecule has 0 aliphatic carbocycles. The second kappa shape index (κ2) is 7.93. The predicted molar refractivity (Wildman–Crippen MR) is 101 cm³/mol.